The van der Waals surface area contributed by atoms with E-state index in [0.29, 0.717) is 6.04 Å². The molecule has 20 heavy (non-hydrogen) atoms. The predicted octanol–water partition coefficient (Wildman–Crippen LogP) is 3.99. The largest absolute Gasteiger partial charge is 0.309 e. The fourth-order valence-corrected chi connectivity index (χ4v) is 3.56. The van der Waals surface area contributed by atoms with Gasteiger partial charge in [0.05, 0.1) is 6.04 Å². The number of hydrogen-bond donors (Lipinski definition) is 1. The quantitative estimate of drug-likeness (QED) is 0.843. The van der Waals surface area contributed by atoms with E-state index >= 15 is 0 Å². The van der Waals surface area contributed by atoms with Crippen molar-refractivity contribution in [3.8, 4) is 0 Å². The average Bonchev–Trinajstić information content (AvgIpc) is 2.53. The first kappa shape index (κ1) is 15.5. The number of benzene rings is 1. The molecule has 1 aliphatic heterocycles. The standard InChI is InChI=1S/C18H30N2/c1-4-18(3,20-14-10-7-11-15-20)17(19-5-2)16-12-8-6-9-13-16/h6,8-9,12-13,17,19H,4-5,7,10-11,14-15H2,1-3H3. The lowest BCUT2D eigenvalue weighted by Gasteiger charge is -2.48. The van der Waals surface area contributed by atoms with E-state index in [-0.39, 0.29) is 5.54 Å². The Hall–Kier alpha value is -0.860. The van der Waals surface area contributed by atoms with Crippen molar-refractivity contribution < 1.29 is 0 Å². The normalized spacial score (nSPS) is 21.4. The minimum absolute atomic E-state index is 0.206. The molecule has 1 N–H and O–H groups in total. The molecule has 2 nitrogen and oxygen atoms in total. The van der Waals surface area contributed by atoms with E-state index in [2.05, 4.69) is 61.3 Å². The predicted molar refractivity (Wildman–Crippen MR) is 87.0 cm³/mol. The van der Waals surface area contributed by atoms with Crippen LogP contribution in [-0.2, 0) is 0 Å². The zero-order valence-corrected chi connectivity index (χ0v) is 13.4. The minimum atomic E-state index is 0.206. The maximum absolute atomic E-state index is 3.75. The van der Waals surface area contributed by atoms with E-state index in [1.165, 1.54) is 44.3 Å². The van der Waals surface area contributed by atoms with Gasteiger partial charge in [0.25, 0.3) is 0 Å². The van der Waals surface area contributed by atoms with Gasteiger partial charge in [0.1, 0.15) is 0 Å². The zero-order valence-electron chi connectivity index (χ0n) is 13.4. The van der Waals surface area contributed by atoms with E-state index in [1.807, 2.05) is 0 Å². The molecular weight excluding hydrogens is 244 g/mol. The maximum Gasteiger partial charge on any atom is 0.0504 e. The van der Waals surface area contributed by atoms with Gasteiger partial charge in [0.2, 0.25) is 0 Å². The first-order valence-electron chi connectivity index (χ1n) is 8.25. The Bertz CT molecular complexity index is 384. The Labute approximate surface area is 124 Å². The molecule has 1 aliphatic rings. The van der Waals surface area contributed by atoms with Crippen LogP contribution in [0.3, 0.4) is 0 Å². The van der Waals surface area contributed by atoms with Gasteiger partial charge in [-0.15, -0.1) is 0 Å². The van der Waals surface area contributed by atoms with Crippen LogP contribution in [0.1, 0.15) is 58.1 Å². The van der Waals surface area contributed by atoms with Crippen LogP contribution in [0.4, 0.5) is 0 Å². The first-order chi connectivity index (χ1) is 9.72. The topological polar surface area (TPSA) is 15.3 Å². The van der Waals surface area contributed by atoms with Gasteiger partial charge < -0.3 is 5.32 Å². The van der Waals surface area contributed by atoms with Crippen LogP contribution in [-0.4, -0.2) is 30.1 Å². The molecule has 0 aromatic heterocycles. The van der Waals surface area contributed by atoms with Crippen LogP contribution in [0.15, 0.2) is 30.3 Å². The summed E-state index contributed by atoms with van der Waals surface area (Å²) >= 11 is 0. The second-order valence-electron chi connectivity index (χ2n) is 6.16. The van der Waals surface area contributed by atoms with E-state index < -0.39 is 0 Å². The number of likely N-dealkylation sites (tertiary alicyclic amines) is 1. The van der Waals surface area contributed by atoms with Crippen molar-refractivity contribution >= 4 is 0 Å². The Kier molecular flexibility index (Phi) is 5.62. The first-order valence-corrected chi connectivity index (χ1v) is 8.25. The van der Waals surface area contributed by atoms with Gasteiger partial charge in [0, 0.05) is 5.54 Å². The average molecular weight is 274 g/mol. The summed E-state index contributed by atoms with van der Waals surface area (Å²) in [5.74, 6) is 0. The molecule has 2 heteroatoms. The highest BCUT2D eigenvalue weighted by Gasteiger charge is 2.38. The summed E-state index contributed by atoms with van der Waals surface area (Å²) in [4.78, 5) is 2.72. The summed E-state index contributed by atoms with van der Waals surface area (Å²) in [5.41, 5.74) is 1.63. The summed E-state index contributed by atoms with van der Waals surface area (Å²) in [5, 5.41) is 3.75. The fourth-order valence-electron chi connectivity index (χ4n) is 3.56. The van der Waals surface area contributed by atoms with Crippen LogP contribution in [0.25, 0.3) is 0 Å². The van der Waals surface area contributed by atoms with Crippen LogP contribution in [0.5, 0.6) is 0 Å². The number of nitrogens with zero attached hydrogens (tertiary/aromatic N) is 1. The number of piperidine rings is 1. The van der Waals surface area contributed by atoms with Gasteiger partial charge in [-0.25, -0.2) is 0 Å². The molecule has 2 unspecified atom stereocenters. The summed E-state index contributed by atoms with van der Waals surface area (Å²) < 4.78 is 0. The number of likely N-dealkylation sites (N-methyl/N-ethyl adjacent to an activating group) is 1. The lowest BCUT2D eigenvalue weighted by Crippen LogP contribution is -2.55. The van der Waals surface area contributed by atoms with Gasteiger partial charge in [0.15, 0.2) is 0 Å². The molecule has 0 aliphatic carbocycles. The molecule has 1 fully saturated rings. The van der Waals surface area contributed by atoms with Gasteiger partial charge in [-0.1, -0.05) is 50.6 Å². The van der Waals surface area contributed by atoms with E-state index in [0.717, 1.165) is 6.54 Å². The van der Waals surface area contributed by atoms with Crippen molar-refractivity contribution in [1.82, 2.24) is 10.2 Å². The molecule has 1 aromatic rings. The van der Waals surface area contributed by atoms with E-state index in [1.54, 1.807) is 0 Å². The minimum Gasteiger partial charge on any atom is -0.309 e. The molecule has 0 amide bonds. The van der Waals surface area contributed by atoms with Gasteiger partial charge in [-0.2, -0.15) is 0 Å². The summed E-state index contributed by atoms with van der Waals surface area (Å²) in [6.45, 7) is 10.5. The fraction of sp³-hybridized carbons (Fsp3) is 0.667. The van der Waals surface area contributed by atoms with Crippen molar-refractivity contribution in [2.24, 2.45) is 0 Å². The third kappa shape index (κ3) is 3.24. The molecule has 1 heterocycles. The molecule has 112 valence electrons. The van der Waals surface area contributed by atoms with Crippen molar-refractivity contribution in [2.75, 3.05) is 19.6 Å². The molecule has 2 atom stereocenters. The van der Waals surface area contributed by atoms with E-state index in [4.69, 9.17) is 0 Å². The van der Waals surface area contributed by atoms with Gasteiger partial charge in [-0.05, 0) is 51.4 Å². The summed E-state index contributed by atoms with van der Waals surface area (Å²) in [7, 11) is 0. The third-order valence-electron chi connectivity index (χ3n) is 4.96. The molecule has 0 bridgehead atoms. The third-order valence-corrected chi connectivity index (χ3v) is 4.96. The van der Waals surface area contributed by atoms with Crippen molar-refractivity contribution in [3.63, 3.8) is 0 Å². The molecule has 1 aromatic carbocycles. The Morgan fingerprint density at radius 2 is 1.75 bits per heavy atom. The monoisotopic (exact) mass is 274 g/mol. The molecule has 0 radical (unpaired) electrons. The van der Waals surface area contributed by atoms with Gasteiger partial charge >= 0.3 is 0 Å². The molecule has 2 rings (SSSR count). The SMILES string of the molecule is CCNC(c1ccccc1)C(C)(CC)N1CCCCC1. The highest BCUT2D eigenvalue weighted by molar-refractivity contribution is 5.23. The molecular formula is C18H30N2. The molecule has 0 spiro atoms. The van der Waals surface area contributed by atoms with Crippen LogP contribution in [0.2, 0.25) is 0 Å². The number of hydrogen-bond acceptors (Lipinski definition) is 2. The summed E-state index contributed by atoms with van der Waals surface area (Å²) in [6, 6.07) is 11.4. The summed E-state index contributed by atoms with van der Waals surface area (Å²) in [6.07, 6.45) is 5.28. The van der Waals surface area contributed by atoms with Crippen molar-refractivity contribution in [3.05, 3.63) is 35.9 Å². The lowest BCUT2D eigenvalue weighted by atomic mass is 9.81. The molecule has 1 saturated heterocycles. The lowest BCUT2D eigenvalue weighted by molar-refractivity contribution is 0.0429. The van der Waals surface area contributed by atoms with Gasteiger partial charge in [-0.3, -0.25) is 4.90 Å². The Morgan fingerprint density at radius 3 is 2.30 bits per heavy atom. The highest BCUT2D eigenvalue weighted by atomic mass is 15.2. The smallest absolute Gasteiger partial charge is 0.0504 e. The van der Waals surface area contributed by atoms with Crippen LogP contribution < -0.4 is 5.32 Å². The zero-order chi connectivity index (χ0) is 14.4. The Balaban J connectivity index is 2.28. The number of rotatable bonds is 6. The maximum atomic E-state index is 3.75. The second-order valence-corrected chi connectivity index (χ2v) is 6.16. The molecule has 0 saturated carbocycles. The van der Waals surface area contributed by atoms with Crippen LogP contribution >= 0.6 is 0 Å². The second kappa shape index (κ2) is 7.24. The van der Waals surface area contributed by atoms with Crippen LogP contribution in [0, 0.1) is 0 Å². The van der Waals surface area contributed by atoms with E-state index in [9.17, 15) is 0 Å². The van der Waals surface area contributed by atoms with Crippen molar-refractivity contribution in [2.45, 2.75) is 58.0 Å². The highest BCUT2D eigenvalue weighted by Crippen LogP contribution is 2.36. The van der Waals surface area contributed by atoms with Crippen molar-refractivity contribution in [1.29, 1.82) is 0 Å². The number of nitrogens with one attached hydrogen (secondary N) is 1. The Morgan fingerprint density at radius 1 is 1.10 bits per heavy atom.